The third kappa shape index (κ3) is 4.21. The minimum atomic E-state index is 0.341. The Balaban J connectivity index is 1.35. The Morgan fingerprint density at radius 3 is 2.95 bits per heavy atom. The Kier molecular flexibility index (Phi) is 5.15. The third-order valence-electron chi connectivity index (χ3n) is 4.57. The van der Waals surface area contributed by atoms with E-state index in [0.717, 1.165) is 25.3 Å². The zero-order valence-electron chi connectivity index (χ0n) is 13.2. The first kappa shape index (κ1) is 14.9. The molecule has 1 atom stereocenters. The van der Waals surface area contributed by atoms with Crippen LogP contribution >= 0.6 is 0 Å². The van der Waals surface area contributed by atoms with E-state index in [9.17, 15) is 0 Å². The molecule has 0 bridgehead atoms. The van der Waals surface area contributed by atoms with E-state index in [0.29, 0.717) is 6.10 Å². The number of piperidine rings is 1. The lowest BCUT2D eigenvalue weighted by molar-refractivity contribution is 0.225. The number of hydrogen-bond acceptors (Lipinski definition) is 3. The summed E-state index contributed by atoms with van der Waals surface area (Å²) in [6.07, 6.45) is 6.86. The second kappa shape index (κ2) is 7.28. The molecule has 0 spiro atoms. The quantitative estimate of drug-likeness (QED) is 0.815. The van der Waals surface area contributed by atoms with E-state index in [4.69, 9.17) is 4.74 Å². The molecule has 0 aliphatic carbocycles. The zero-order valence-corrected chi connectivity index (χ0v) is 13.2. The van der Waals surface area contributed by atoms with Crippen molar-refractivity contribution in [3.63, 3.8) is 0 Å². The van der Waals surface area contributed by atoms with E-state index < -0.39 is 0 Å². The Labute approximate surface area is 128 Å². The molecule has 2 aliphatic rings. The van der Waals surface area contributed by atoms with Gasteiger partial charge in [-0.15, -0.1) is 0 Å². The molecule has 1 fully saturated rings. The lowest BCUT2D eigenvalue weighted by Gasteiger charge is -2.26. The van der Waals surface area contributed by atoms with Gasteiger partial charge in [-0.05, 0) is 69.6 Å². The van der Waals surface area contributed by atoms with Crippen molar-refractivity contribution in [2.75, 3.05) is 26.2 Å². The number of nitrogens with one attached hydrogen (secondary N) is 1. The van der Waals surface area contributed by atoms with Gasteiger partial charge < -0.3 is 15.0 Å². The number of benzene rings is 1. The van der Waals surface area contributed by atoms with Crippen LogP contribution in [0.25, 0.3) is 0 Å². The Hall–Kier alpha value is -1.06. The fourth-order valence-corrected chi connectivity index (χ4v) is 3.43. The van der Waals surface area contributed by atoms with Crippen LogP contribution in [-0.2, 0) is 13.0 Å². The average Bonchev–Trinajstić information content (AvgIpc) is 2.87. The third-order valence-corrected chi connectivity index (χ3v) is 4.57. The van der Waals surface area contributed by atoms with Crippen LogP contribution < -0.4 is 10.1 Å². The predicted octanol–water partition coefficient (Wildman–Crippen LogP) is 2.98. The van der Waals surface area contributed by atoms with Gasteiger partial charge >= 0.3 is 0 Å². The molecule has 21 heavy (non-hydrogen) atoms. The first-order valence-corrected chi connectivity index (χ1v) is 8.53. The first-order valence-electron chi connectivity index (χ1n) is 8.53. The van der Waals surface area contributed by atoms with Gasteiger partial charge in [0.15, 0.2) is 0 Å². The second-order valence-electron chi connectivity index (χ2n) is 6.51. The molecule has 1 aromatic rings. The van der Waals surface area contributed by atoms with Crippen molar-refractivity contribution < 1.29 is 4.74 Å². The summed E-state index contributed by atoms with van der Waals surface area (Å²) in [6, 6.07) is 6.62. The second-order valence-corrected chi connectivity index (χ2v) is 6.51. The molecule has 0 aromatic heterocycles. The van der Waals surface area contributed by atoms with Crippen molar-refractivity contribution in [1.29, 1.82) is 0 Å². The fourth-order valence-electron chi connectivity index (χ4n) is 3.43. The van der Waals surface area contributed by atoms with Crippen molar-refractivity contribution in [1.82, 2.24) is 10.2 Å². The lowest BCUT2D eigenvalue weighted by atomic mass is 10.1. The van der Waals surface area contributed by atoms with Crippen LogP contribution in [0.1, 0.15) is 43.7 Å². The monoisotopic (exact) mass is 288 g/mol. The number of likely N-dealkylation sites (tertiary alicyclic amines) is 1. The van der Waals surface area contributed by atoms with Crippen molar-refractivity contribution in [3.05, 3.63) is 29.3 Å². The molecule has 116 valence electrons. The summed E-state index contributed by atoms with van der Waals surface area (Å²) in [4.78, 5) is 2.61. The molecule has 3 heteroatoms. The number of hydrogen-bond donors (Lipinski definition) is 1. The van der Waals surface area contributed by atoms with Crippen molar-refractivity contribution in [2.24, 2.45) is 0 Å². The van der Waals surface area contributed by atoms with E-state index in [1.807, 2.05) is 0 Å². The van der Waals surface area contributed by atoms with Gasteiger partial charge in [0.05, 0.1) is 0 Å². The molecule has 3 nitrogen and oxygen atoms in total. The van der Waals surface area contributed by atoms with Crippen LogP contribution in [0, 0.1) is 0 Å². The Morgan fingerprint density at radius 1 is 1.24 bits per heavy atom. The largest absolute Gasteiger partial charge is 0.490 e. The average molecular weight is 288 g/mol. The molecule has 1 aromatic carbocycles. The van der Waals surface area contributed by atoms with E-state index in [1.165, 1.54) is 56.4 Å². The van der Waals surface area contributed by atoms with Gasteiger partial charge in [-0.3, -0.25) is 0 Å². The van der Waals surface area contributed by atoms with Gasteiger partial charge in [0.25, 0.3) is 0 Å². The van der Waals surface area contributed by atoms with Crippen LogP contribution in [-0.4, -0.2) is 37.2 Å². The van der Waals surface area contributed by atoms with E-state index in [1.54, 1.807) is 0 Å². The molecule has 0 radical (unpaired) electrons. The number of nitrogens with zero attached hydrogens (tertiary/aromatic N) is 1. The van der Waals surface area contributed by atoms with Crippen LogP contribution in [0.5, 0.6) is 5.75 Å². The minimum absolute atomic E-state index is 0.341. The predicted molar refractivity (Wildman–Crippen MR) is 86.9 cm³/mol. The van der Waals surface area contributed by atoms with Gasteiger partial charge in [-0.1, -0.05) is 18.6 Å². The lowest BCUT2D eigenvalue weighted by Crippen LogP contribution is -2.32. The molecule has 1 unspecified atom stereocenters. The van der Waals surface area contributed by atoms with E-state index in [-0.39, 0.29) is 0 Å². The molecular formula is C18H28N2O. The molecule has 3 rings (SSSR count). The summed E-state index contributed by atoms with van der Waals surface area (Å²) in [6.45, 7) is 8.09. The fraction of sp³-hybridized carbons (Fsp3) is 0.667. The first-order chi connectivity index (χ1) is 10.3. The normalized spacial score (nSPS) is 22.0. The van der Waals surface area contributed by atoms with Gasteiger partial charge in [-0.2, -0.15) is 0 Å². The van der Waals surface area contributed by atoms with Crippen molar-refractivity contribution >= 4 is 0 Å². The van der Waals surface area contributed by atoms with Crippen molar-refractivity contribution in [2.45, 2.75) is 51.7 Å². The molecule has 2 aliphatic heterocycles. The summed E-state index contributed by atoms with van der Waals surface area (Å²) in [7, 11) is 0. The smallest absolute Gasteiger partial charge is 0.123 e. The molecule has 0 amide bonds. The Bertz CT molecular complexity index is 455. The summed E-state index contributed by atoms with van der Waals surface area (Å²) >= 11 is 0. The molecule has 1 saturated heterocycles. The highest BCUT2D eigenvalue weighted by Gasteiger charge is 2.18. The molecular weight excluding hydrogens is 260 g/mol. The summed E-state index contributed by atoms with van der Waals surface area (Å²) < 4.78 is 5.75. The number of ether oxygens (including phenoxy) is 1. The maximum atomic E-state index is 5.75. The van der Waals surface area contributed by atoms with Crippen LogP contribution in [0.15, 0.2) is 18.2 Å². The maximum Gasteiger partial charge on any atom is 0.123 e. The highest BCUT2D eigenvalue weighted by molar-refractivity contribution is 5.40. The van der Waals surface area contributed by atoms with Gasteiger partial charge in [0.1, 0.15) is 11.9 Å². The highest BCUT2D eigenvalue weighted by atomic mass is 16.5. The molecule has 1 N–H and O–H groups in total. The van der Waals surface area contributed by atoms with Crippen LogP contribution in [0.4, 0.5) is 0 Å². The van der Waals surface area contributed by atoms with E-state index >= 15 is 0 Å². The minimum Gasteiger partial charge on any atom is -0.490 e. The SMILES string of the molecule is CC1Cc2cc(CNCCCN3CCCCC3)ccc2O1. The van der Waals surface area contributed by atoms with Crippen molar-refractivity contribution in [3.8, 4) is 5.75 Å². The van der Waals surface area contributed by atoms with Gasteiger partial charge in [-0.25, -0.2) is 0 Å². The standard InChI is InChI=1S/C18H28N2O/c1-15-12-17-13-16(6-7-18(17)21-15)14-19-8-5-11-20-9-3-2-4-10-20/h6-7,13,15,19H,2-5,8-12,14H2,1H3. The zero-order chi connectivity index (χ0) is 14.5. The van der Waals surface area contributed by atoms with Crippen LogP contribution in [0.2, 0.25) is 0 Å². The molecule has 2 heterocycles. The van der Waals surface area contributed by atoms with E-state index in [2.05, 4.69) is 35.3 Å². The Morgan fingerprint density at radius 2 is 2.10 bits per heavy atom. The van der Waals surface area contributed by atoms with Gasteiger partial charge in [0, 0.05) is 13.0 Å². The maximum absolute atomic E-state index is 5.75. The summed E-state index contributed by atoms with van der Waals surface area (Å²) in [5.74, 6) is 1.08. The highest BCUT2D eigenvalue weighted by Crippen LogP contribution is 2.29. The van der Waals surface area contributed by atoms with Crippen LogP contribution in [0.3, 0.4) is 0 Å². The van der Waals surface area contributed by atoms with Gasteiger partial charge in [0.2, 0.25) is 0 Å². The summed E-state index contributed by atoms with van der Waals surface area (Å²) in [5, 5.41) is 3.58. The summed E-state index contributed by atoms with van der Waals surface area (Å²) in [5.41, 5.74) is 2.75. The number of rotatable bonds is 6. The number of fused-ring (bicyclic) bond motifs is 1. The molecule has 0 saturated carbocycles. The topological polar surface area (TPSA) is 24.5 Å².